The summed E-state index contributed by atoms with van der Waals surface area (Å²) < 4.78 is 1.76. The number of nitrogens with zero attached hydrogens (tertiary/aromatic N) is 1. The molecule has 0 aliphatic heterocycles. The van der Waals surface area contributed by atoms with Gasteiger partial charge in [-0.2, -0.15) is 0 Å². The smallest absolute Gasteiger partial charge is 0.352 e. The van der Waals surface area contributed by atoms with Gasteiger partial charge in [-0.05, 0) is 37.1 Å². The Morgan fingerprint density at radius 1 is 1.12 bits per heavy atom. The number of para-hydroxylation sites is 1. The molecule has 2 aromatic carbocycles. The summed E-state index contributed by atoms with van der Waals surface area (Å²) in [7, 11) is 1.81. The lowest BCUT2D eigenvalue weighted by molar-refractivity contribution is 0.0685. The summed E-state index contributed by atoms with van der Waals surface area (Å²) in [4.78, 5) is 11.7. The Kier molecular flexibility index (Phi) is 4.67. The summed E-state index contributed by atoms with van der Waals surface area (Å²) >= 11 is 0. The predicted octanol–water partition coefficient (Wildman–Crippen LogP) is 3.52. The van der Waals surface area contributed by atoms with E-state index < -0.39 is 5.97 Å². The summed E-state index contributed by atoms with van der Waals surface area (Å²) in [5, 5.41) is 14.0. The Bertz CT molecular complexity index is 880. The summed E-state index contributed by atoms with van der Waals surface area (Å²) in [5.41, 5.74) is 4.77. The third-order valence-electron chi connectivity index (χ3n) is 4.55. The average Bonchev–Trinajstić information content (AvgIpc) is 2.86. The van der Waals surface area contributed by atoms with Crippen molar-refractivity contribution in [2.75, 3.05) is 6.54 Å². The molecule has 0 bridgehead atoms. The first-order valence-corrected chi connectivity index (χ1v) is 8.14. The van der Waals surface area contributed by atoms with Crippen LogP contribution in [0.25, 0.3) is 10.9 Å². The molecule has 4 nitrogen and oxygen atoms in total. The Hall–Kier alpha value is -2.59. The lowest BCUT2D eigenvalue weighted by atomic mass is 10.1. The highest BCUT2D eigenvalue weighted by molar-refractivity contribution is 5.98. The van der Waals surface area contributed by atoms with Crippen LogP contribution >= 0.6 is 0 Å². The number of aryl methyl sites for hydroxylation is 2. The fourth-order valence-electron chi connectivity index (χ4n) is 3.25. The molecule has 0 radical (unpaired) electrons. The summed E-state index contributed by atoms with van der Waals surface area (Å²) in [5.74, 6) is -0.885. The minimum Gasteiger partial charge on any atom is -0.477 e. The highest BCUT2D eigenvalue weighted by Crippen LogP contribution is 2.25. The maximum absolute atomic E-state index is 11.7. The molecular weight excluding hydrogens is 300 g/mol. The van der Waals surface area contributed by atoms with Gasteiger partial charge in [-0.25, -0.2) is 4.79 Å². The molecule has 1 aromatic heterocycles. The van der Waals surface area contributed by atoms with Gasteiger partial charge in [-0.1, -0.05) is 42.5 Å². The highest BCUT2D eigenvalue weighted by atomic mass is 16.4. The SMILES string of the molecule is Cc1ccccc1CCNCc1c(C(=O)O)n(C)c2ccccc12. The van der Waals surface area contributed by atoms with Crippen LogP contribution in [0.5, 0.6) is 0 Å². The van der Waals surface area contributed by atoms with Crippen LogP contribution in [0.3, 0.4) is 0 Å². The average molecular weight is 322 g/mol. The number of fused-ring (bicyclic) bond motifs is 1. The largest absolute Gasteiger partial charge is 0.477 e. The van der Waals surface area contributed by atoms with Crippen LogP contribution in [0.4, 0.5) is 0 Å². The lowest BCUT2D eigenvalue weighted by Gasteiger charge is -2.08. The van der Waals surface area contributed by atoms with Crippen molar-refractivity contribution in [2.24, 2.45) is 7.05 Å². The second-order valence-corrected chi connectivity index (χ2v) is 6.06. The van der Waals surface area contributed by atoms with Crippen LogP contribution in [-0.4, -0.2) is 22.2 Å². The third kappa shape index (κ3) is 3.05. The fourth-order valence-corrected chi connectivity index (χ4v) is 3.25. The van der Waals surface area contributed by atoms with Crippen molar-refractivity contribution in [3.8, 4) is 0 Å². The monoisotopic (exact) mass is 322 g/mol. The quantitative estimate of drug-likeness (QED) is 0.683. The molecule has 24 heavy (non-hydrogen) atoms. The molecule has 3 rings (SSSR count). The maximum atomic E-state index is 11.7. The van der Waals surface area contributed by atoms with Crippen LogP contribution in [-0.2, 0) is 20.0 Å². The number of carbonyl (C=O) groups is 1. The first-order valence-electron chi connectivity index (χ1n) is 8.14. The van der Waals surface area contributed by atoms with E-state index in [9.17, 15) is 9.90 Å². The van der Waals surface area contributed by atoms with Gasteiger partial charge >= 0.3 is 5.97 Å². The van der Waals surface area contributed by atoms with Crippen molar-refractivity contribution < 1.29 is 9.90 Å². The van der Waals surface area contributed by atoms with Crippen molar-refractivity contribution >= 4 is 16.9 Å². The minimum atomic E-state index is -0.885. The highest BCUT2D eigenvalue weighted by Gasteiger charge is 2.19. The van der Waals surface area contributed by atoms with E-state index in [1.807, 2.05) is 37.4 Å². The topological polar surface area (TPSA) is 54.3 Å². The Morgan fingerprint density at radius 2 is 1.83 bits per heavy atom. The van der Waals surface area contributed by atoms with Crippen LogP contribution < -0.4 is 5.32 Å². The number of rotatable bonds is 6. The molecule has 0 aliphatic rings. The normalized spacial score (nSPS) is 11.1. The van der Waals surface area contributed by atoms with E-state index >= 15 is 0 Å². The van der Waals surface area contributed by atoms with Gasteiger partial charge in [0.05, 0.1) is 0 Å². The van der Waals surface area contributed by atoms with Crippen molar-refractivity contribution in [2.45, 2.75) is 19.9 Å². The number of aromatic nitrogens is 1. The second kappa shape index (κ2) is 6.89. The molecule has 0 saturated carbocycles. The fraction of sp³-hybridized carbons (Fsp3) is 0.250. The Labute approximate surface area is 141 Å². The predicted molar refractivity (Wildman–Crippen MR) is 96.5 cm³/mol. The standard InChI is InChI=1S/C20H22N2O2/c1-14-7-3-4-8-15(14)11-12-21-13-17-16-9-5-6-10-18(16)22(2)19(17)20(23)24/h3-10,21H,11-13H2,1-2H3,(H,23,24). The zero-order valence-electron chi connectivity index (χ0n) is 14.0. The van der Waals surface area contributed by atoms with E-state index in [1.54, 1.807) is 4.57 Å². The van der Waals surface area contributed by atoms with Gasteiger partial charge < -0.3 is 15.0 Å². The number of hydrogen-bond acceptors (Lipinski definition) is 2. The third-order valence-corrected chi connectivity index (χ3v) is 4.55. The summed E-state index contributed by atoms with van der Waals surface area (Å²) in [6.45, 7) is 3.48. The molecule has 0 fully saturated rings. The zero-order chi connectivity index (χ0) is 17.1. The van der Waals surface area contributed by atoms with Gasteiger partial charge in [0.15, 0.2) is 0 Å². The van der Waals surface area contributed by atoms with E-state index in [2.05, 4.69) is 30.4 Å². The number of carboxylic acids is 1. The van der Waals surface area contributed by atoms with Gasteiger partial charge in [0.2, 0.25) is 0 Å². The Morgan fingerprint density at radius 3 is 2.58 bits per heavy atom. The second-order valence-electron chi connectivity index (χ2n) is 6.06. The molecular formula is C20H22N2O2. The molecule has 0 amide bonds. The number of benzene rings is 2. The van der Waals surface area contributed by atoms with E-state index in [-0.39, 0.29) is 0 Å². The number of hydrogen-bond donors (Lipinski definition) is 2. The van der Waals surface area contributed by atoms with Crippen LogP contribution in [0.15, 0.2) is 48.5 Å². The molecule has 124 valence electrons. The Balaban J connectivity index is 1.77. The van der Waals surface area contributed by atoms with Crippen molar-refractivity contribution in [1.82, 2.24) is 9.88 Å². The van der Waals surface area contributed by atoms with E-state index in [1.165, 1.54) is 11.1 Å². The van der Waals surface area contributed by atoms with Gasteiger partial charge in [-0.3, -0.25) is 0 Å². The lowest BCUT2D eigenvalue weighted by Crippen LogP contribution is -2.19. The van der Waals surface area contributed by atoms with Gasteiger partial charge in [0, 0.05) is 30.1 Å². The number of nitrogens with one attached hydrogen (secondary N) is 1. The molecule has 0 saturated heterocycles. The molecule has 2 N–H and O–H groups in total. The number of aromatic carboxylic acids is 1. The van der Waals surface area contributed by atoms with Crippen molar-refractivity contribution in [1.29, 1.82) is 0 Å². The van der Waals surface area contributed by atoms with E-state index in [4.69, 9.17) is 0 Å². The summed E-state index contributed by atoms with van der Waals surface area (Å²) in [6.07, 6.45) is 0.930. The molecule has 0 unspecified atom stereocenters. The van der Waals surface area contributed by atoms with Crippen LogP contribution in [0, 0.1) is 6.92 Å². The maximum Gasteiger partial charge on any atom is 0.352 e. The van der Waals surface area contributed by atoms with Gasteiger partial charge in [0.25, 0.3) is 0 Å². The van der Waals surface area contributed by atoms with Crippen molar-refractivity contribution in [3.63, 3.8) is 0 Å². The molecule has 0 aliphatic carbocycles. The van der Waals surface area contributed by atoms with E-state index in [0.717, 1.165) is 29.4 Å². The molecule has 3 aromatic rings. The molecule has 0 atom stereocenters. The molecule has 1 heterocycles. The van der Waals surface area contributed by atoms with Crippen LogP contribution in [0.1, 0.15) is 27.2 Å². The summed E-state index contributed by atoms with van der Waals surface area (Å²) in [6, 6.07) is 16.2. The first-order chi connectivity index (χ1) is 11.6. The van der Waals surface area contributed by atoms with Gasteiger partial charge in [0.1, 0.15) is 5.69 Å². The zero-order valence-corrected chi connectivity index (χ0v) is 14.0. The van der Waals surface area contributed by atoms with Crippen LogP contribution in [0.2, 0.25) is 0 Å². The first kappa shape index (κ1) is 16.3. The van der Waals surface area contributed by atoms with Crippen molar-refractivity contribution in [3.05, 3.63) is 70.9 Å². The minimum absolute atomic E-state index is 0.361. The molecule has 4 heteroatoms. The van der Waals surface area contributed by atoms with E-state index in [0.29, 0.717) is 12.2 Å². The molecule has 0 spiro atoms. The van der Waals surface area contributed by atoms with Gasteiger partial charge in [-0.15, -0.1) is 0 Å². The number of carboxylic acid groups (broad SMARTS) is 1.